The number of aryl methyl sites for hydroxylation is 1. The van der Waals surface area contributed by atoms with E-state index in [9.17, 15) is 13.2 Å². The van der Waals surface area contributed by atoms with Crippen LogP contribution >= 0.6 is 23.1 Å². The molecule has 1 aliphatic carbocycles. The Morgan fingerprint density at radius 2 is 1.93 bits per heavy atom. The van der Waals surface area contributed by atoms with Gasteiger partial charge < -0.3 is 5.32 Å². The van der Waals surface area contributed by atoms with Crippen molar-refractivity contribution in [3.8, 4) is 0 Å². The van der Waals surface area contributed by atoms with Gasteiger partial charge in [-0.1, -0.05) is 31.0 Å². The predicted molar refractivity (Wildman–Crippen MR) is 114 cm³/mol. The van der Waals surface area contributed by atoms with Gasteiger partial charge in [0, 0.05) is 29.9 Å². The molecule has 1 amide bonds. The van der Waals surface area contributed by atoms with Crippen LogP contribution in [0.5, 0.6) is 0 Å². The van der Waals surface area contributed by atoms with E-state index in [1.54, 1.807) is 31.3 Å². The Bertz CT molecular complexity index is 904. The van der Waals surface area contributed by atoms with Crippen LogP contribution in [0.3, 0.4) is 0 Å². The van der Waals surface area contributed by atoms with Gasteiger partial charge in [-0.25, -0.2) is 13.4 Å². The van der Waals surface area contributed by atoms with Crippen molar-refractivity contribution in [1.82, 2.24) is 9.29 Å². The van der Waals surface area contributed by atoms with E-state index in [1.165, 1.54) is 33.8 Å². The van der Waals surface area contributed by atoms with Gasteiger partial charge in [-0.3, -0.25) is 4.79 Å². The lowest BCUT2D eigenvalue weighted by Gasteiger charge is -2.30. The van der Waals surface area contributed by atoms with Crippen molar-refractivity contribution in [1.29, 1.82) is 0 Å². The van der Waals surface area contributed by atoms with Crippen LogP contribution in [0.2, 0.25) is 0 Å². The van der Waals surface area contributed by atoms with Gasteiger partial charge in [-0.05, 0) is 44.0 Å². The topological polar surface area (TPSA) is 79.4 Å². The number of nitrogens with zero attached hydrogens (tertiary/aromatic N) is 2. The first kappa shape index (κ1) is 21.3. The summed E-state index contributed by atoms with van der Waals surface area (Å²) < 4.78 is 28.1. The molecule has 0 spiro atoms. The van der Waals surface area contributed by atoms with Gasteiger partial charge in [0.05, 0.1) is 10.6 Å². The van der Waals surface area contributed by atoms with Crippen LogP contribution in [0.25, 0.3) is 0 Å². The van der Waals surface area contributed by atoms with E-state index in [0.717, 1.165) is 35.7 Å². The van der Waals surface area contributed by atoms with Crippen molar-refractivity contribution in [2.24, 2.45) is 0 Å². The lowest BCUT2D eigenvalue weighted by Crippen LogP contribution is -2.38. The minimum atomic E-state index is -3.52. The van der Waals surface area contributed by atoms with Gasteiger partial charge in [-0.2, -0.15) is 4.31 Å². The molecule has 2 aromatic rings. The number of sulfonamides is 1. The Balaban J connectivity index is 1.58. The van der Waals surface area contributed by atoms with E-state index in [0.29, 0.717) is 5.69 Å². The Morgan fingerprint density at radius 3 is 2.54 bits per heavy atom. The van der Waals surface area contributed by atoms with Gasteiger partial charge in [0.1, 0.15) is 0 Å². The van der Waals surface area contributed by atoms with E-state index in [4.69, 9.17) is 0 Å². The number of thiazole rings is 1. The van der Waals surface area contributed by atoms with Crippen molar-refractivity contribution < 1.29 is 13.2 Å². The van der Waals surface area contributed by atoms with Gasteiger partial charge in [0.25, 0.3) is 0 Å². The maximum atomic E-state index is 12.9. The standard InChI is InChI=1S/C19H25N3O3S3/c1-14-12-26-19(20-14)27-13-18(23)21-15-8-10-17(11-9-15)28(24,25)22(2)16-6-4-3-5-7-16/h8-12,16H,3-7,13H2,1-2H3,(H,21,23). The Kier molecular flexibility index (Phi) is 7.14. The van der Waals surface area contributed by atoms with E-state index < -0.39 is 10.0 Å². The highest BCUT2D eigenvalue weighted by Gasteiger charge is 2.28. The van der Waals surface area contributed by atoms with Gasteiger partial charge in [0.15, 0.2) is 4.34 Å². The zero-order valence-electron chi connectivity index (χ0n) is 16.1. The average Bonchev–Trinajstić information content (AvgIpc) is 3.12. The molecule has 6 nitrogen and oxygen atoms in total. The summed E-state index contributed by atoms with van der Waals surface area (Å²) in [5.41, 5.74) is 1.53. The molecule has 0 aliphatic heterocycles. The number of carbonyl (C=O) groups is 1. The number of anilines is 1. The summed E-state index contributed by atoms with van der Waals surface area (Å²) in [6.45, 7) is 1.92. The van der Waals surface area contributed by atoms with Crippen LogP contribution in [0, 0.1) is 6.92 Å². The monoisotopic (exact) mass is 439 g/mol. The van der Waals surface area contributed by atoms with Crippen LogP contribution < -0.4 is 5.32 Å². The molecule has 1 aliphatic rings. The van der Waals surface area contributed by atoms with Crippen molar-refractivity contribution in [3.63, 3.8) is 0 Å². The van der Waals surface area contributed by atoms with E-state index in [-0.39, 0.29) is 22.6 Å². The second kappa shape index (κ2) is 9.39. The number of nitrogens with one attached hydrogen (secondary N) is 1. The van der Waals surface area contributed by atoms with Crippen LogP contribution in [0.15, 0.2) is 38.9 Å². The molecule has 0 radical (unpaired) electrons. The summed E-state index contributed by atoms with van der Waals surface area (Å²) in [6.07, 6.45) is 5.17. The minimum absolute atomic E-state index is 0.0738. The van der Waals surface area contributed by atoms with E-state index in [1.807, 2.05) is 12.3 Å². The van der Waals surface area contributed by atoms with Crippen LogP contribution in [-0.4, -0.2) is 42.5 Å². The van der Waals surface area contributed by atoms with Gasteiger partial charge in [0.2, 0.25) is 15.9 Å². The maximum absolute atomic E-state index is 12.9. The van der Waals surface area contributed by atoms with Crippen molar-refractivity contribution in [2.75, 3.05) is 18.1 Å². The number of hydrogen-bond acceptors (Lipinski definition) is 6. The summed E-state index contributed by atoms with van der Waals surface area (Å²) in [5.74, 6) is 0.116. The quantitative estimate of drug-likeness (QED) is 0.656. The SMILES string of the molecule is Cc1csc(SCC(=O)Nc2ccc(S(=O)(=O)N(C)C3CCCCC3)cc2)n1. The average molecular weight is 440 g/mol. The number of rotatable bonds is 7. The molecule has 28 heavy (non-hydrogen) atoms. The first-order chi connectivity index (χ1) is 13.4. The summed E-state index contributed by atoms with van der Waals surface area (Å²) in [7, 11) is -1.85. The van der Waals surface area contributed by atoms with Crippen molar-refractivity contribution >= 4 is 44.7 Å². The van der Waals surface area contributed by atoms with Crippen molar-refractivity contribution in [2.45, 2.75) is 54.3 Å². The van der Waals surface area contributed by atoms with Crippen molar-refractivity contribution in [3.05, 3.63) is 35.3 Å². The fourth-order valence-corrected chi connectivity index (χ4v) is 6.31. The summed E-state index contributed by atoms with van der Waals surface area (Å²) in [4.78, 5) is 16.7. The number of hydrogen-bond donors (Lipinski definition) is 1. The first-order valence-electron chi connectivity index (χ1n) is 9.29. The molecule has 0 unspecified atom stereocenters. The molecule has 3 rings (SSSR count). The summed E-state index contributed by atoms with van der Waals surface area (Å²) in [5, 5.41) is 4.75. The second-order valence-electron chi connectivity index (χ2n) is 6.93. The zero-order chi connectivity index (χ0) is 20.1. The molecule has 1 saturated carbocycles. The van der Waals surface area contributed by atoms with E-state index >= 15 is 0 Å². The largest absolute Gasteiger partial charge is 0.325 e. The molecule has 1 aromatic carbocycles. The Hall–Kier alpha value is -1.42. The maximum Gasteiger partial charge on any atom is 0.243 e. The lowest BCUT2D eigenvalue weighted by atomic mass is 9.96. The highest BCUT2D eigenvalue weighted by molar-refractivity contribution is 8.01. The van der Waals surface area contributed by atoms with Gasteiger partial charge in [-0.15, -0.1) is 11.3 Å². The van der Waals surface area contributed by atoms with Gasteiger partial charge >= 0.3 is 0 Å². The lowest BCUT2D eigenvalue weighted by molar-refractivity contribution is -0.113. The fraction of sp³-hybridized carbons (Fsp3) is 0.474. The molecule has 0 bridgehead atoms. The molecule has 1 fully saturated rings. The molecule has 1 heterocycles. The molecule has 0 atom stereocenters. The first-order valence-corrected chi connectivity index (χ1v) is 12.6. The third-order valence-corrected chi connectivity index (χ3v) is 8.89. The minimum Gasteiger partial charge on any atom is -0.325 e. The fourth-order valence-electron chi connectivity index (χ4n) is 3.24. The third kappa shape index (κ3) is 5.34. The molecular formula is C19H25N3O3S3. The molecule has 1 aromatic heterocycles. The highest BCUT2D eigenvalue weighted by atomic mass is 32.2. The molecule has 1 N–H and O–H groups in total. The number of thioether (sulfide) groups is 1. The summed E-state index contributed by atoms with van der Waals surface area (Å²) in [6, 6.07) is 6.46. The number of carbonyl (C=O) groups excluding carboxylic acids is 1. The zero-order valence-corrected chi connectivity index (χ0v) is 18.5. The molecule has 0 saturated heterocycles. The van der Waals surface area contributed by atoms with Crippen LogP contribution in [0.4, 0.5) is 5.69 Å². The normalized spacial score (nSPS) is 15.7. The highest BCUT2D eigenvalue weighted by Crippen LogP contribution is 2.27. The molecule has 152 valence electrons. The Labute approximate surface area is 174 Å². The number of benzene rings is 1. The second-order valence-corrected chi connectivity index (χ2v) is 11.0. The molecular weight excluding hydrogens is 414 g/mol. The summed E-state index contributed by atoms with van der Waals surface area (Å²) >= 11 is 2.91. The predicted octanol–water partition coefficient (Wildman–Crippen LogP) is 4.14. The third-order valence-electron chi connectivity index (χ3n) is 4.83. The van der Waals surface area contributed by atoms with Crippen LogP contribution in [0.1, 0.15) is 37.8 Å². The Morgan fingerprint density at radius 1 is 1.25 bits per heavy atom. The van der Waals surface area contributed by atoms with E-state index in [2.05, 4.69) is 10.3 Å². The number of amides is 1. The number of aromatic nitrogens is 1. The smallest absolute Gasteiger partial charge is 0.243 e. The van der Waals surface area contributed by atoms with Crippen LogP contribution in [-0.2, 0) is 14.8 Å². The molecule has 9 heteroatoms.